The molecule has 68 valence electrons. The fourth-order valence-electron chi connectivity index (χ4n) is 0.0942. The number of halogens is 6. The van der Waals surface area contributed by atoms with Crippen LogP contribution in [0.3, 0.4) is 0 Å². The lowest BCUT2D eigenvalue weighted by Crippen LogP contribution is -1.97. The molecule has 0 unspecified atom stereocenters. The third-order valence-electron chi connectivity index (χ3n) is 0.257. The minimum Gasteiger partial charge on any atom is -0.176 e. The molecule has 0 saturated carbocycles. The van der Waals surface area contributed by atoms with Gasteiger partial charge < -0.3 is 0 Å². The molecule has 0 spiro atoms. The molecule has 0 saturated heterocycles. The largest absolute Gasteiger partial charge is 0.452 e. The zero-order valence-corrected chi connectivity index (χ0v) is 7.70. The molecule has 0 N–H and O–H groups in total. The fraction of sp³-hybridized carbons (Fsp3) is 1.00. The van der Waals surface area contributed by atoms with Crippen LogP contribution < -0.4 is 0 Å². The van der Waals surface area contributed by atoms with Gasteiger partial charge in [0, 0.05) is 21.6 Å². The summed E-state index contributed by atoms with van der Waals surface area (Å²) in [5, 5.41) is 0. The summed E-state index contributed by atoms with van der Waals surface area (Å²) in [4.78, 5) is 0. The highest BCUT2D eigenvalue weighted by molar-refractivity contribution is 9.09. The molecule has 0 rings (SSSR count). The summed E-state index contributed by atoms with van der Waals surface area (Å²) in [6.07, 6.45) is 0. The molecule has 0 aromatic carbocycles. The Bertz CT molecular complexity index is 104. The van der Waals surface area contributed by atoms with Gasteiger partial charge in [0.1, 0.15) is 0 Å². The maximum absolute atomic E-state index is 11.6. The molecule has 0 amide bonds. The van der Waals surface area contributed by atoms with E-state index in [1.165, 1.54) is 0 Å². The lowest BCUT2D eigenvalue weighted by molar-refractivity contribution is -0.0310. The average Bonchev–Trinajstić information content (AvgIpc) is 1.55. The Morgan fingerprint density at radius 1 is 0.909 bits per heavy atom. The third-order valence-corrected chi connectivity index (χ3v) is 4.10. The third kappa shape index (κ3) is 11.0. The van der Waals surface area contributed by atoms with Crippen LogP contribution in [0.1, 0.15) is 0 Å². The standard InChI is InChI=1S/C2ClF5S3/c3-1(4,5)9-11-10-2(6,7)8. The summed E-state index contributed by atoms with van der Waals surface area (Å²) in [6.45, 7) is 0. The van der Waals surface area contributed by atoms with Gasteiger partial charge in [0.25, 0.3) is 0 Å². The molecular weight excluding hydrogens is 251 g/mol. The lowest BCUT2D eigenvalue weighted by atomic mass is 11.6. The first-order chi connectivity index (χ1) is 4.71. The van der Waals surface area contributed by atoms with Crippen LogP contribution in [0.15, 0.2) is 0 Å². The van der Waals surface area contributed by atoms with Crippen LogP contribution in [-0.2, 0) is 0 Å². The minimum absolute atomic E-state index is 0.106. The fourth-order valence-corrected chi connectivity index (χ4v) is 3.24. The Kier molecular flexibility index (Phi) is 4.68. The van der Waals surface area contributed by atoms with Crippen LogP contribution >= 0.6 is 43.0 Å². The first-order valence-corrected chi connectivity index (χ1v) is 5.74. The van der Waals surface area contributed by atoms with Gasteiger partial charge in [-0.2, -0.15) is 22.0 Å². The Morgan fingerprint density at radius 3 is 1.64 bits per heavy atom. The van der Waals surface area contributed by atoms with E-state index in [1.807, 2.05) is 0 Å². The topological polar surface area (TPSA) is 0 Å². The summed E-state index contributed by atoms with van der Waals surface area (Å²) in [7, 11) is -1.08. The average molecular weight is 251 g/mol. The molecule has 0 bridgehead atoms. The van der Waals surface area contributed by atoms with Crippen molar-refractivity contribution in [2.24, 2.45) is 0 Å². The van der Waals surface area contributed by atoms with Crippen LogP contribution in [0.5, 0.6) is 0 Å². The number of hydrogen-bond acceptors (Lipinski definition) is 3. The second-order valence-corrected chi connectivity index (χ2v) is 5.90. The van der Waals surface area contributed by atoms with E-state index in [9.17, 15) is 22.0 Å². The Balaban J connectivity index is 3.44. The molecular formula is C2ClF5S3. The zero-order chi connectivity index (χ0) is 9.12. The Morgan fingerprint density at radius 2 is 1.36 bits per heavy atom. The monoisotopic (exact) mass is 250 g/mol. The van der Waals surface area contributed by atoms with Crippen LogP contribution in [-0.4, -0.2) is 10.2 Å². The number of alkyl halides is 6. The van der Waals surface area contributed by atoms with E-state index in [0.717, 1.165) is 0 Å². The molecule has 0 aliphatic heterocycles. The summed E-state index contributed by atoms with van der Waals surface area (Å²) >= 11 is 4.29. The molecule has 0 nitrogen and oxygen atoms in total. The van der Waals surface area contributed by atoms with Crippen molar-refractivity contribution in [3.63, 3.8) is 0 Å². The van der Waals surface area contributed by atoms with Crippen molar-refractivity contribution in [1.29, 1.82) is 0 Å². The van der Waals surface area contributed by atoms with Crippen molar-refractivity contribution in [3.8, 4) is 0 Å². The smallest absolute Gasteiger partial charge is 0.176 e. The van der Waals surface area contributed by atoms with Gasteiger partial charge in [-0.15, -0.1) is 0 Å². The van der Waals surface area contributed by atoms with Gasteiger partial charge in [0.15, 0.2) is 0 Å². The van der Waals surface area contributed by atoms with Gasteiger partial charge in [-0.1, -0.05) is 0 Å². The predicted octanol–water partition coefficient (Wildman–Crippen LogP) is 4.32. The highest BCUT2D eigenvalue weighted by Gasteiger charge is 2.33. The highest BCUT2D eigenvalue weighted by Crippen LogP contribution is 2.52. The normalized spacial score (nSPS) is 13.6. The van der Waals surface area contributed by atoms with E-state index in [0.29, 0.717) is 0 Å². The maximum atomic E-state index is 11.6. The van der Waals surface area contributed by atoms with Gasteiger partial charge in [0.05, 0.1) is 0 Å². The molecule has 0 radical (unpaired) electrons. The SMILES string of the molecule is FC(F)(F)SSSC(F)(F)Cl. The maximum Gasteiger partial charge on any atom is 0.452 e. The van der Waals surface area contributed by atoms with Crippen molar-refractivity contribution >= 4 is 43.0 Å². The van der Waals surface area contributed by atoms with Crippen LogP contribution in [0.4, 0.5) is 22.0 Å². The minimum atomic E-state index is -4.51. The van der Waals surface area contributed by atoms with Gasteiger partial charge in [-0.05, 0) is 21.4 Å². The molecule has 0 aromatic heterocycles. The second-order valence-electron chi connectivity index (χ2n) is 1.13. The Hall–Kier alpha value is 0.990. The molecule has 0 atom stereocenters. The predicted molar refractivity (Wildman–Crippen MR) is 39.6 cm³/mol. The van der Waals surface area contributed by atoms with E-state index in [-0.39, 0.29) is 20.6 Å². The summed E-state index contributed by atoms with van der Waals surface area (Å²) in [5.41, 5.74) is -4.51. The summed E-state index contributed by atoms with van der Waals surface area (Å²) in [5.74, 6) is 0. The van der Waals surface area contributed by atoms with Crippen LogP contribution in [0.2, 0.25) is 0 Å². The van der Waals surface area contributed by atoms with E-state index < -0.39 is 21.0 Å². The van der Waals surface area contributed by atoms with Crippen LogP contribution in [0, 0.1) is 0 Å². The van der Waals surface area contributed by atoms with Gasteiger partial charge in [0.2, 0.25) is 0 Å². The number of rotatable bonds is 3. The van der Waals surface area contributed by atoms with Crippen molar-refractivity contribution in [3.05, 3.63) is 0 Å². The van der Waals surface area contributed by atoms with Gasteiger partial charge in [-0.25, -0.2) is 0 Å². The molecule has 0 aliphatic rings. The molecule has 0 aromatic rings. The molecule has 0 aliphatic carbocycles. The van der Waals surface area contributed by atoms with Crippen molar-refractivity contribution in [2.75, 3.05) is 0 Å². The van der Waals surface area contributed by atoms with Gasteiger partial charge in [-0.3, -0.25) is 0 Å². The highest BCUT2D eigenvalue weighted by atomic mass is 35.5. The van der Waals surface area contributed by atoms with Crippen LogP contribution in [0.25, 0.3) is 0 Å². The molecule has 0 heterocycles. The molecule has 9 heteroatoms. The van der Waals surface area contributed by atoms with E-state index in [4.69, 9.17) is 0 Å². The van der Waals surface area contributed by atoms with E-state index >= 15 is 0 Å². The van der Waals surface area contributed by atoms with Crippen molar-refractivity contribution < 1.29 is 22.0 Å². The lowest BCUT2D eigenvalue weighted by Gasteiger charge is -2.06. The molecule has 11 heavy (non-hydrogen) atoms. The quantitative estimate of drug-likeness (QED) is 0.416. The summed E-state index contributed by atoms with van der Waals surface area (Å²) in [6, 6.07) is 0. The summed E-state index contributed by atoms with van der Waals surface area (Å²) < 4.78 is 53.4. The second kappa shape index (κ2) is 4.29. The van der Waals surface area contributed by atoms with Crippen molar-refractivity contribution in [1.82, 2.24) is 0 Å². The Labute approximate surface area is 75.4 Å². The zero-order valence-electron chi connectivity index (χ0n) is 4.49. The molecule has 0 fully saturated rings. The van der Waals surface area contributed by atoms with Crippen molar-refractivity contribution in [2.45, 2.75) is 10.2 Å². The van der Waals surface area contributed by atoms with E-state index in [1.54, 1.807) is 0 Å². The van der Waals surface area contributed by atoms with Gasteiger partial charge >= 0.3 is 10.2 Å². The first kappa shape index (κ1) is 12.0. The van der Waals surface area contributed by atoms with E-state index in [2.05, 4.69) is 11.6 Å². The first-order valence-electron chi connectivity index (χ1n) is 1.88. The number of hydrogen-bond donors (Lipinski definition) is 0.